The van der Waals surface area contributed by atoms with Gasteiger partial charge in [0.2, 0.25) is 5.91 Å². The third-order valence-corrected chi connectivity index (χ3v) is 7.07. The van der Waals surface area contributed by atoms with Gasteiger partial charge in [0.05, 0.1) is 25.6 Å². The smallest absolute Gasteiger partial charge is 0.343 e. The molecule has 4 rings (SSSR count). The van der Waals surface area contributed by atoms with E-state index in [1.807, 2.05) is 12.1 Å². The molecule has 1 heterocycles. The number of urea groups is 1. The van der Waals surface area contributed by atoms with Crippen LogP contribution in [0.4, 0.5) is 16.2 Å². The van der Waals surface area contributed by atoms with Crippen molar-refractivity contribution in [2.75, 3.05) is 30.0 Å². The number of fused-ring (bicyclic) bond motifs is 1. The number of nitrogens with zero attached hydrogens (tertiary/aromatic N) is 2. The van der Waals surface area contributed by atoms with Gasteiger partial charge in [0.25, 0.3) is 10.0 Å². The molecule has 0 unspecified atom stereocenters. The zero-order chi connectivity index (χ0) is 24.3. The van der Waals surface area contributed by atoms with Crippen molar-refractivity contribution < 1.29 is 27.5 Å². The summed E-state index contributed by atoms with van der Waals surface area (Å²) in [4.78, 5) is 27.3. The van der Waals surface area contributed by atoms with Gasteiger partial charge in [0.15, 0.2) is 0 Å². The van der Waals surface area contributed by atoms with E-state index < -0.39 is 22.0 Å². The molecule has 1 aliphatic heterocycles. The molecule has 9 nitrogen and oxygen atoms in total. The third kappa shape index (κ3) is 4.40. The van der Waals surface area contributed by atoms with Crippen molar-refractivity contribution in [3.8, 4) is 11.5 Å². The van der Waals surface area contributed by atoms with Gasteiger partial charge in [-0.3, -0.25) is 9.69 Å². The van der Waals surface area contributed by atoms with Crippen LogP contribution in [0.5, 0.6) is 11.5 Å². The van der Waals surface area contributed by atoms with E-state index in [4.69, 9.17) is 9.47 Å². The summed E-state index contributed by atoms with van der Waals surface area (Å²) in [7, 11) is -1.18. The van der Waals surface area contributed by atoms with E-state index in [1.165, 1.54) is 31.4 Å². The molecule has 0 bridgehead atoms. The highest BCUT2D eigenvalue weighted by Gasteiger charge is 2.43. The maximum atomic E-state index is 13.4. The van der Waals surface area contributed by atoms with Crippen LogP contribution in [0.3, 0.4) is 0 Å². The molecular weight excluding hydrogens is 458 g/mol. The van der Waals surface area contributed by atoms with Crippen molar-refractivity contribution in [2.24, 2.45) is 0 Å². The lowest BCUT2D eigenvalue weighted by atomic mass is 10.2. The van der Waals surface area contributed by atoms with E-state index in [9.17, 15) is 18.0 Å². The predicted molar refractivity (Wildman–Crippen MR) is 127 cm³/mol. The van der Waals surface area contributed by atoms with Gasteiger partial charge >= 0.3 is 6.03 Å². The third-order valence-electron chi connectivity index (χ3n) is 5.32. The number of hydrogen-bond acceptors (Lipinski definition) is 6. The Labute approximate surface area is 197 Å². The van der Waals surface area contributed by atoms with Crippen molar-refractivity contribution in [1.82, 2.24) is 5.32 Å². The molecule has 1 N–H and O–H groups in total. The maximum Gasteiger partial charge on any atom is 0.343 e. The molecular formula is C24H23N3O6S. The number of para-hydroxylation sites is 1. The lowest BCUT2D eigenvalue weighted by Gasteiger charge is -2.35. The summed E-state index contributed by atoms with van der Waals surface area (Å²) in [6.45, 7) is -0.119. The van der Waals surface area contributed by atoms with Crippen LogP contribution >= 0.6 is 0 Å². The largest absolute Gasteiger partial charge is 0.497 e. The second kappa shape index (κ2) is 9.44. The number of carbonyl (C=O) groups excluding carboxylic acids is 2. The zero-order valence-corrected chi connectivity index (χ0v) is 19.4. The molecule has 0 saturated carbocycles. The van der Waals surface area contributed by atoms with E-state index in [1.54, 1.807) is 43.5 Å². The summed E-state index contributed by atoms with van der Waals surface area (Å²) in [5.41, 5.74) is 1.11. The minimum Gasteiger partial charge on any atom is -0.497 e. The van der Waals surface area contributed by atoms with Gasteiger partial charge < -0.3 is 14.8 Å². The SMILES string of the molecule is COc1ccc(CNC(=O)CN2C(=O)N(c3cccc(OC)c3)S(=O)(=O)c3ccccc32)cc1. The summed E-state index contributed by atoms with van der Waals surface area (Å²) in [5, 5.41) is 2.77. The normalized spacial score (nSPS) is 14.4. The first-order valence-corrected chi connectivity index (χ1v) is 11.8. The summed E-state index contributed by atoms with van der Waals surface area (Å²) < 4.78 is 37.7. The number of nitrogens with one attached hydrogen (secondary N) is 1. The predicted octanol–water partition coefficient (Wildman–Crippen LogP) is 3.16. The van der Waals surface area contributed by atoms with Gasteiger partial charge in [0.1, 0.15) is 22.9 Å². The topological polar surface area (TPSA) is 105 Å². The molecule has 1 aliphatic rings. The molecule has 176 valence electrons. The molecule has 0 fully saturated rings. The molecule has 0 saturated heterocycles. The quantitative estimate of drug-likeness (QED) is 0.556. The molecule has 0 aliphatic carbocycles. The van der Waals surface area contributed by atoms with E-state index in [0.29, 0.717) is 15.8 Å². The number of methoxy groups -OCH3 is 2. The van der Waals surface area contributed by atoms with Crippen LogP contribution < -0.4 is 24.0 Å². The van der Waals surface area contributed by atoms with Gasteiger partial charge in [-0.1, -0.05) is 30.3 Å². The highest BCUT2D eigenvalue weighted by molar-refractivity contribution is 7.94. The van der Waals surface area contributed by atoms with Crippen LogP contribution in [0.2, 0.25) is 0 Å². The molecule has 3 aromatic rings. The highest BCUT2D eigenvalue weighted by Crippen LogP contribution is 2.37. The van der Waals surface area contributed by atoms with E-state index in [-0.39, 0.29) is 29.4 Å². The first-order chi connectivity index (χ1) is 16.3. The number of ether oxygens (including phenoxy) is 2. The number of hydrogen-bond donors (Lipinski definition) is 1. The fourth-order valence-corrected chi connectivity index (χ4v) is 5.18. The molecule has 0 radical (unpaired) electrons. The van der Waals surface area contributed by atoms with Crippen molar-refractivity contribution in [1.29, 1.82) is 0 Å². The van der Waals surface area contributed by atoms with Gasteiger partial charge in [-0.15, -0.1) is 0 Å². The number of rotatable bonds is 7. The molecule has 3 aromatic carbocycles. The lowest BCUT2D eigenvalue weighted by Crippen LogP contribution is -2.53. The molecule has 34 heavy (non-hydrogen) atoms. The summed E-state index contributed by atoms with van der Waals surface area (Å²) in [5.74, 6) is 0.649. The molecule has 0 spiro atoms. The Hall–Kier alpha value is -4.05. The second-order valence-electron chi connectivity index (χ2n) is 7.43. The Bertz CT molecular complexity index is 1320. The number of carbonyl (C=O) groups is 2. The molecule has 0 aromatic heterocycles. The summed E-state index contributed by atoms with van der Waals surface area (Å²) in [6, 6.07) is 18.6. The average molecular weight is 482 g/mol. The van der Waals surface area contributed by atoms with E-state index in [2.05, 4.69) is 5.32 Å². The standard InChI is InChI=1S/C24H23N3O6S/c1-32-19-12-10-17(11-13-19)15-25-23(28)16-26-21-8-3-4-9-22(21)34(30,31)27(24(26)29)18-6-5-7-20(14-18)33-2/h3-14H,15-16H2,1-2H3,(H,25,28). The second-order valence-corrected chi connectivity index (χ2v) is 9.19. The fraction of sp³-hybridized carbons (Fsp3) is 0.167. The Kier molecular flexibility index (Phi) is 6.42. The fourth-order valence-electron chi connectivity index (χ4n) is 3.59. The van der Waals surface area contributed by atoms with Crippen LogP contribution in [0.25, 0.3) is 0 Å². The van der Waals surface area contributed by atoms with Gasteiger partial charge in [-0.05, 0) is 42.0 Å². The first kappa shape index (κ1) is 23.1. The van der Waals surface area contributed by atoms with Crippen molar-refractivity contribution >= 4 is 33.3 Å². The van der Waals surface area contributed by atoms with Crippen LogP contribution in [-0.2, 0) is 21.4 Å². The molecule has 3 amide bonds. The van der Waals surface area contributed by atoms with Crippen LogP contribution in [-0.4, -0.2) is 41.1 Å². The minimum absolute atomic E-state index is 0.0691. The van der Waals surface area contributed by atoms with Crippen molar-refractivity contribution in [2.45, 2.75) is 11.4 Å². The van der Waals surface area contributed by atoms with Crippen molar-refractivity contribution in [3.05, 3.63) is 78.4 Å². The van der Waals surface area contributed by atoms with E-state index >= 15 is 0 Å². The Morgan fingerprint density at radius 2 is 1.62 bits per heavy atom. The number of amides is 3. The number of sulfonamides is 1. The highest BCUT2D eigenvalue weighted by atomic mass is 32.2. The molecule has 10 heteroatoms. The Morgan fingerprint density at radius 1 is 0.912 bits per heavy atom. The first-order valence-electron chi connectivity index (χ1n) is 10.3. The Morgan fingerprint density at radius 3 is 2.32 bits per heavy atom. The minimum atomic E-state index is -4.20. The van der Waals surface area contributed by atoms with Gasteiger partial charge in [-0.2, -0.15) is 4.31 Å². The maximum absolute atomic E-state index is 13.4. The average Bonchev–Trinajstić information content (AvgIpc) is 2.85. The van der Waals surface area contributed by atoms with Crippen molar-refractivity contribution in [3.63, 3.8) is 0 Å². The van der Waals surface area contributed by atoms with Crippen LogP contribution in [0.15, 0.2) is 77.7 Å². The van der Waals surface area contributed by atoms with Crippen LogP contribution in [0, 0.1) is 0 Å². The molecule has 0 atom stereocenters. The zero-order valence-electron chi connectivity index (χ0n) is 18.6. The monoisotopic (exact) mass is 481 g/mol. The summed E-state index contributed by atoms with van der Waals surface area (Å²) >= 11 is 0. The number of anilines is 2. The number of benzene rings is 3. The van der Waals surface area contributed by atoms with E-state index in [0.717, 1.165) is 10.5 Å². The Balaban J connectivity index is 1.61. The van der Waals surface area contributed by atoms with Gasteiger partial charge in [-0.25, -0.2) is 13.2 Å². The van der Waals surface area contributed by atoms with Gasteiger partial charge in [0, 0.05) is 12.6 Å². The summed E-state index contributed by atoms with van der Waals surface area (Å²) in [6.07, 6.45) is 0. The van der Waals surface area contributed by atoms with Crippen LogP contribution in [0.1, 0.15) is 5.56 Å². The lowest BCUT2D eigenvalue weighted by molar-refractivity contribution is -0.119.